The van der Waals surface area contributed by atoms with Crippen molar-refractivity contribution in [2.24, 2.45) is 11.0 Å². The van der Waals surface area contributed by atoms with Gasteiger partial charge in [0.05, 0.1) is 24.4 Å². The smallest absolute Gasteiger partial charge is 0.308 e. The second kappa shape index (κ2) is 21.7. The maximum atomic E-state index is 13.4. The van der Waals surface area contributed by atoms with E-state index in [9.17, 15) is 10.3 Å². The first kappa shape index (κ1) is 42.6. The highest BCUT2D eigenvalue weighted by atomic mass is 32.2. The molecule has 0 radical (unpaired) electrons. The monoisotopic (exact) mass is 761 g/mol. The zero-order chi connectivity index (χ0) is 38.1. The number of rotatable bonds is 21. The Morgan fingerprint density at radius 2 is 1.47 bits per heavy atom. The quantitative estimate of drug-likeness (QED) is 0.0202. The number of ether oxygens (including phenoxy) is 4. The Labute approximate surface area is 322 Å². The first-order valence-electron chi connectivity index (χ1n) is 19.1. The molecular formula is C42H59N3O6SSi. The van der Waals surface area contributed by atoms with Crippen molar-refractivity contribution in [2.45, 2.75) is 122 Å². The normalized spacial score (nSPS) is 20.5. The molecule has 11 heteroatoms. The minimum atomic E-state index is -3.01. The zero-order valence-corrected chi connectivity index (χ0v) is 34.2. The number of nitrogens with zero attached hydrogens (tertiary/aromatic N) is 3. The van der Waals surface area contributed by atoms with Gasteiger partial charge in [0.25, 0.3) is 8.32 Å². The van der Waals surface area contributed by atoms with Crippen LogP contribution in [0.4, 0.5) is 0 Å². The summed E-state index contributed by atoms with van der Waals surface area (Å²) in [5.74, 6) is 0.0678. The third-order valence-electron chi connectivity index (χ3n) is 9.64. The van der Waals surface area contributed by atoms with E-state index >= 15 is 0 Å². The lowest BCUT2D eigenvalue weighted by Gasteiger charge is -2.47. The number of hydrogen-bond acceptors (Lipinski definition) is 8. The lowest BCUT2D eigenvalue weighted by Crippen LogP contribution is -2.68. The number of benzene rings is 3. The molecule has 3 aromatic carbocycles. The summed E-state index contributed by atoms with van der Waals surface area (Å²) in [6.45, 7) is 12.9. The molecule has 0 spiro atoms. The van der Waals surface area contributed by atoms with E-state index in [2.05, 4.69) is 62.0 Å². The van der Waals surface area contributed by atoms with Crippen LogP contribution in [0, 0.1) is 5.92 Å². The number of esters is 1. The van der Waals surface area contributed by atoms with E-state index in [1.54, 1.807) is 11.8 Å². The number of hydrogen-bond donors (Lipinski definition) is 0. The number of unbranched alkanes of at least 4 members (excludes halogenated alkanes) is 5. The fraction of sp³-hybridized carbons (Fsp3) is 0.548. The molecule has 3 aromatic rings. The predicted molar refractivity (Wildman–Crippen MR) is 217 cm³/mol. The third kappa shape index (κ3) is 11.9. The van der Waals surface area contributed by atoms with Gasteiger partial charge in [-0.15, -0.1) is 0 Å². The topological polar surface area (TPSA) is 112 Å². The van der Waals surface area contributed by atoms with Crippen LogP contribution in [-0.4, -0.2) is 63.2 Å². The second-order valence-corrected chi connectivity index (χ2v) is 20.6. The van der Waals surface area contributed by atoms with Gasteiger partial charge in [-0.05, 0) is 38.7 Å². The van der Waals surface area contributed by atoms with Gasteiger partial charge in [0, 0.05) is 4.91 Å². The first-order chi connectivity index (χ1) is 25.6. The third-order valence-corrected chi connectivity index (χ3v) is 16.1. The van der Waals surface area contributed by atoms with Crippen LogP contribution in [0.3, 0.4) is 0 Å². The fourth-order valence-corrected chi connectivity index (χ4v) is 12.8. The van der Waals surface area contributed by atoms with Gasteiger partial charge < -0.3 is 23.4 Å². The van der Waals surface area contributed by atoms with E-state index in [4.69, 9.17) is 23.4 Å². The Morgan fingerprint density at radius 1 is 0.887 bits per heavy atom. The van der Waals surface area contributed by atoms with Crippen LogP contribution < -0.4 is 10.4 Å². The van der Waals surface area contributed by atoms with E-state index in [0.717, 1.165) is 34.5 Å². The lowest BCUT2D eigenvalue weighted by molar-refractivity contribution is -0.225. The Bertz CT molecular complexity index is 1500. The number of carbonyl (C=O) groups is 1. The average molecular weight is 762 g/mol. The highest BCUT2D eigenvalue weighted by Crippen LogP contribution is 2.39. The molecule has 5 atom stereocenters. The van der Waals surface area contributed by atoms with Crippen molar-refractivity contribution in [3.8, 4) is 0 Å². The van der Waals surface area contributed by atoms with Gasteiger partial charge >= 0.3 is 5.97 Å². The lowest BCUT2D eigenvalue weighted by atomic mass is 9.99. The molecule has 9 nitrogen and oxygen atoms in total. The molecule has 0 unspecified atom stereocenters. The molecule has 1 heterocycles. The standard InChI is InChI=1S/C42H59N3O6SSi/c1-7-8-9-10-11-21-28-52-39-38(48-31-47-29-33-22-15-12-16-23-33)37(51-41(46)32(2)3)36(50-40(39)44-45-43)30-49-53(42(4,5)6,34-24-17-13-18-25-34)35-26-19-14-20-27-35/h12-20,22-27,32,36-40H,7-11,21,28-31H2,1-6H3/t36-,37-,38+,39+,40+/m1/s1. The van der Waals surface area contributed by atoms with Gasteiger partial charge in [0.2, 0.25) is 0 Å². The van der Waals surface area contributed by atoms with E-state index in [1.807, 2.05) is 80.6 Å². The summed E-state index contributed by atoms with van der Waals surface area (Å²) in [6.07, 6.45) is 3.73. The summed E-state index contributed by atoms with van der Waals surface area (Å²) >= 11 is 1.64. The van der Waals surface area contributed by atoms with Crippen molar-refractivity contribution in [3.05, 3.63) is 107 Å². The van der Waals surface area contributed by atoms with Crippen LogP contribution in [0.2, 0.25) is 5.04 Å². The minimum Gasteiger partial charge on any atom is -0.456 e. The van der Waals surface area contributed by atoms with Crippen molar-refractivity contribution in [1.82, 2.24) is 0 Å². The molecule has 0 aromatic heterocycles. The maximum Gasteiger partial charge on any atom is 0.308 e. The Balaban J connectivity index is 1.69. The van der Waals surface area contributed by atoms with Crippen molar-refractivity contribution in [1.29, 1.82) is 0 Å². The molecule has 0 aliphatic carbocycles. The molecule has 0 amide bonds. The molecule has 4 rings (SSSR count). The molecule has 0 bridgehead atoms. The summed E-state index contributed by atoms with van der Waals surface area (Å²) in [7, 11) is -3.01. The summed E-state index contributed by atoms with van der Waals surface area (Å²) in [5, 5.41) is 5.66. The molecule has 1 aliphatic rings. The average Bonchev–Trinajstić information content (AvgIpc) is 3.15. The number of azide groups is 1. The summed E-state index contributed by atoms with van der Waals surface area (Å²) in [5.41, 5.74) is 10.8. The molecule has 0 N–H and O–H groups in total. The van der Waals surface area contributed by atoms with Gasteiger partial charge in [-0.1, -0.05) is 170 Å². The van der Waals surface area contributed by atoms with Crippen LogP contribution in [0.1, 0.15) is 85.6 Å². The molecule has 1 aliphatic heterocycles. The Morgan fingerprint density at radius 3 is 2.04 bits per heavy atom. The molecule has 0 saturated carbocycles. The number of thioether (sulfide) groups is 1. The van der Waals surface area contributed by atoms with Crippen molar-refractivity contribution >= 4 is 36.4 Å². The Kier molecular flexibility index (Phi) is 17.4. The molecule has 288 valence electrons. The summed E-state index contributed by atoms with van der Waals surface area (Å²) < 4.78 is 32.9. The second-order valence-electron chi connectivity index (χ2n) is 15.0. The van der Waals surface area contributed by atoms with Gasteiger partial charge in [0.15, 0.2) is 12.3 Å². The minimum absolute atomic E-state index is 0.0470. The van der Waals surface area contributed by atoms with Crippen molar-refractivity contribution in [2.75, 3.05) is 19.2 Å². The highest BCUT2D eigenvalue weighted by molar-refractivity contribution is 8.00. The SMILES string of the molecule is CCCCCCCCS[C@H]1[C@@H](OCOCc2ccccc2)[C@H](OC(=O)C(C)C)[C@@H](CO[Si](c2ccccc2)(c2ccccc2)C(C)(C)C)O[C@@H]1N=[N+]=[N-]. The largest absolute Gasteiger partial charge is 0.456 e. The van der Waals surface area contributed by atoms with Crippen molar-refractivity contribution in [3.63, 3.8) is 0 Å². The molecule has 53 heavy (non-hydrogen) atoms. The Hall–Kier alpha value is -3.15. The molecule has 1 saturated heterocycles. The summed E-state index contributed by atoms with van der Waals surface area (Å²) in [4.78, 5) is 16.6. The van der Waals surface area contributed by atoms with E-state index < -0.39 is 38.1 Å². The van der Waals surface area contributed by atoms with Crippen LogP contribution in [0.15, 0.2) is 96.1 Å². The van der Waals surface area contributed by atoms with Gasteiger partial charge in [0.1, 0.15) is 19.0 Å². The van der Waals surface area contributed by atoms with E-state index in [0.29, 0.717) is 6.61 Å². The maximum absolute atomic E-state index is 13.4. The molecular weight excluding hydrogens is 703 g/mol. The van der Waals surface area contributed by atoms with Gasteiger partial charge in [-0.25, -0.2) is 0 Å². The van der Waals surface area contributed by atoms with Gasteiger partial charge in [-0.3, -0.25) is 4.79 Å². The summed E-state index contributed by atoms with van der Waals surface area (Å²) in [6, 6.07) is 30.6. The van der Waals surface area contributed by atoms with E-state index in [1.165, 1.54) is 25.7 Å². The van der Waals surface area contributed by atoms with Gasteiger partial charge in [-0.2, -0.15) is 11.8 Å². The fourth-order valence-electron chi connectivity index (χ4n) is 6.88. The van der Waals surface area contributed by atoms with Crippen LogP contribution in [-0.2, 0) is 34.8 Å². The predicted octanol–water partition coefficient (Wildman–Crippen LogP) is 9.19. The van der Waals surface area contributed by atoms with Crippen LogP contribution in [0.25, 0.3) is 10.4 Å². The number of carbonyl (C=O) groups excluding carboxylic acids is 1. The molecule has 1 fully saturated rings. The zero-order valence-electron chi connectivity index (χ0n) is 32.4. The highest BCUT2D eigenvalue weighted by Gasteiger charge is 2.53. The van der Waals surface area contributed by atoms with Crippen LogP contribution >= 0.6 is 11.8 Å². The van der Waals surface area contributed by atoms with Crippen LogP contribution in [0.5, 0.6) is 0 Å². The van der Waals surface area contributed by atoms with E-state index in [-0.39, 0.29) is 30.3 Å². The van der Waals surface area contributed by atoms with Crippen molar-refractivity contribution < 1.29 is 28.2 Å². The first-order valence-corrected chi connectivity index (χ1v) is 22.1.